The van der Waals surface area contributed by atoms with Crippen molar-refractivity contribution >= 4 is 23.7 Å². The Balaban J connectivity index is 2.84. The van der Waals surface area contributed by atoms with E-state index in [1.165, 1.54) is 4.90 Å². The molecule has 0 radical (unpaired) electrons. The number of nitrogens with zero attached hydrogens (tertiary/aromatic N) is 2. The second-order valence-corrected chi connectivity index (χ2v) is 6.81. The van der Waals surface area contributed by atoms with Crippen molar-refractivity contribution in [1.29, 1.82) is 0 Å². The second-order valence-electron chi connectivity index (χ2n) is 6.81. The first-order chi connectivity index (χ1) is 12.1. The summed E-state index contributed by atoms with van der Waals surface area (Å²) in [6, 6.07) is -2.48. The van der Waals surface area contributed by atoms with Crippen molar-refractivity contribution in [2.24, 2.45) is 28.1 Å². The quantitative estimate of drug-likeness (QED) is 0.188. The summed E-state index contributed by atoms with van der Waals surface area (Å²) in [5.74, 6) is -2.04. The zero-order chi connectivity index (χ0) is 19.9. The monoisotopic (exact) mass is 370 g/mol. The molecule has 0 aromatic carbocycles. The van der Waals surface area contributed by atoms with Crippen molar-refractivity contribution < 1.29 is 19.5 Å². The van der Waals surface area contributed by atoms with Gasteiger partial charge in [0.15, 0.2) is 5.96 Å². The van der Waals surface area contributed by atoms with Gasteiger partial charge in [0.2, 0.25) is 11.8 Å². The molecule has 1 aliphatic heterocycles. The molecule has 1 aliphatic rings. The van der Waals surface area contributed by atoms with Gasteiger partial charge in [0.05, 0.1) is 6.04 Å². The lowest BCUT2D eigenvalue weighted by atomic mass is 10.0. The molecular formula is C16H30N6O4. The second kappa shape index (κ2) is 9.95. The number of nitrogens with one attached hydrogen (secondary N) is 1. The third-order valence-electron chi connectivity index (χ3n) is 4.40. The molecule has 0 aliphatic carbocycles. The number of carbonyl (C=O) groups is 3. The molecule has 1 saturated heterocycles. The lowest BCUT2D eigenvalue weighted by molar-refractivity contribution is -0.149. The van der Waals surface area contributed by atoms with E-state index in [4.69, 9.17) is 17.2 Å². The minimum absolute atomic E-state index is 0.0516. The van der Waals surface area contributed by atoms with E-state index in [1.54, 1.807) is 13.8 Å². The van der Waals surface area contributed by atoms with Crippen molar-refractivity contribution in [3.63, 3.8) is 0 Å². The molecule has 8 N–H and O–H groups in total. The van der Waals surface area contributed by atoms with E-state index in [0.717, 1.165) is 0 Å². The normalized spacial score (nSPS) is 19.1. The Bertz CT molecular complexity index is 547. The van der Waals surface area contributed by atoms with Gasteiger partial charge in [0, 0.05) is 13.1 Å². The lowest BCUT2D eigenvalue weighted by Crippen LogP contribution is -2.55. The van der Waals surface area contributed by atoms with E-state index in [1.807, 2.05) is 0 Å². The molecule has 0 unspecified atom stereocenters. The predicted octanol–water partition coefficient (Wildman–Crippen LogP) is -1.42. The van der Waals surface area contributed by atoms with Gasteiger partial charge in [-0.2, -0.15) is 0 Å². The van der Waals surface area contributed by atoms with Crippen molar-refractivity contribution in [3.05, 3.63) is 0 Å². The number of hydrogen-bond donors (Lipinski definition) is 5. The molecule has 0 saturated carbocycles. The minimum Gasteiger partial charge on any atom is -0.480 e. The molecule has 0 bridgehead atoms. The summed E-state index contributed by atoms with van der Waals surface area (Å²) in [7, 11) is 0. The molecule has 1 rings (SSSR count). The van der Waals surface area contributed by atoms with Gasteiger partial charge in [-0.05, 0) is 31.6 Å². The zero-order valence-corrected chi connectivity index (χ0v) is 15.4. The maximum atomic E-state index is 12.8. The topological polar surface area (TPSA) is 177 Å². The van der Waals surface area contributed by atoms with Crippen LogP contribution < -0.4 is 22.5 Å². The SMILES string of the molecule is CC(C)[C@H](N)C(=O)N[C@@H](CCCN=C(N)N)C(=O)N1CCC[C@@H]1C(=O)O. The van der Waals surface area contributed by atoms with Gasteiger partial charge >= 0.3 is 5.97 Å². The van der Waals surface area contributed by atoms with Gasteiger partial charge in [0.25, 0.3) is 0 Å². The third kappa shape index (κ3) is 6.17. The molecule has 10 heteroatoms. The number of amides is 2. The number of carboxylic acid groups (broad SMARTS) is 1. The Morgan fingerprint density at radius 3 is 2.50 bits per heavy atom. The molecule has 148 valence electrons. The van der Waals surface area contributed by atoms with Gasteiger partial charge in [0.1, 0.15) is 12.1 Å². The smallest absolute Gasteiger partial charge is 0.326 e. The van der Waals surface area contributed by atoms with Crippen LogP contribution >= 0.6 is 0 Å². The number of aliphatic imine (C=N–C) groups is 1. The van der Waals surface area contributed by atoms with Crippen LogP contribution in [0.5, 0.6) is 0 Å². The van der Waals surface area contributed by atoms with Crippen molar-refractivity contribution in [1.82, 2.24) is 10.2 Å². The number of guanidine groups is 1. The van der Waals surface area contributed by atoms with Gasteiger partial charge in [-0.1, -0.05) is 13.8 Å². The van der Waals surface area contributed by atoms with E-state index in [2.05, 4.69) is 10.3 Å². The number of rotatable bonds is 9. The van der Waals surface area contributed by atoms with Crippen LogP contribution in [0.15, 0.2) is 4.99 Å². The Hall–Kier alpha value is -2.36. The standard InChI is InChI=1S/C16H30N6O4/c1-9(2)12(17)13(23)21-10(5-3-7-20-16(18)19)14(24)22-8-4-6-11(22)15(25)26/h9-12H,3-8,17H2,1-2H3,(H,21,23)(H,25,26)(H4,18,19,20)/t10-,11+,12-/m0/s1. The summed E-state index contributed by atoms with van der Waals surface area (Å²) in [5.41, 5.74) is 16.4. The largest absolute Gasteiger partial charge is 0.480 e. The van der Waals surface area contributed by atoms with Crippen LogP contribution in [0.25, 0.3) is 0 Å². The van der Waals surface area contributed by atoms with Crippen molar-refractivity contribution in [3.8, 4) is 0 Å². The van der Waals surface area contributed by atoms with Crippen LogP contribution in [0.1, 0.15) is 39.5 Å². The van der Waals surface area contributed by atoms with E-state index >= 15 is 0 Å². The first kappa shape index (κ1) is 21.7. The highest BCUT2D eigenvalue weighted by atomic mass is 16.4. The summed E-state index contributed by atoms with van der Waals surface area (Å²) < 4.78 is 0. The van der Waals surface area contributed by atoms with Crippen molar-refractivity contribution in [2.75, 3.05) is 13.1 Å². The maximum absolute atomic E-state index is 12.8. The number of hydrogen-bond acceptors (Lipinski definition) is 5. The summed E-state index contributed by atoms with van der Waals surface area (Å²) >= 11 is 0. The fourth-order valence-corrected chi connectivity index (χ4v) is 2.82. The van der Waals surface area contributed by atoms with Gasteiger partial charge in [-0.15, -0.1) is 0 Å². The Morgan fingerprint density at radius 2 is 1.96 bits per heavy atom. The van der Waals surface area contributed by atoms with E-state index in [-0.39, 0.29) is 18.3 Å². The average molecular weight is 370 g/mol. The fourth-order valence-electron chi connectivity index (χ4n) is 2.82. The molecule has 0 spiro atoms. The number of carbonyl (C=O) groups excluding carboxylic acids is 2. The molecule has 0 aromatic heterocycles. The van der Waals surface area contributed by atoms with Crippen LogP contribution in [-0.2, 0) is 14.4 Å². The van der Waals surface area contributed by atoms with E-state index in [0.29, 0.717) is 32.4 Å². The summed E-state index contributed by atoms with van der Waals surface area (Å²) in [5, 5.41) is 11.9. The number of nitrogens with two attached hydrogens (primary N) is 3. The third-order valence-corrected chi connectivity index (χ3v) is 4.40. The Kier molecular flexibility index (Phi) is 8.30. The molecule has 1 fully saturated rings. The highest BCUT2D eigenvalue weighted by molar-refractivity contribution is 5.92. The molecule has 0 aromatic rings. The molecule has 10 nitrogen and oxygen atoms in total. The van der Waals surface area contributed by atoms with E-state index < -0.39 is 35.9 Å². The summed E-state index contributed by atoms with van der Waals surface area (Å²) in [4.78, 5) is 41.6. The van der Waals surface area contributed by atoms with Crippen LogP contribution in [-0.4, -0.2) is 65.0 Å². The highest BCUT2D eigenvalue weighted by Gasteiger charge is 2.37. The maximum Gasteiger partial charge on any atom is 0.326 e. The number of aliphatic carboxylic acids is 1. The zero-order valence-electron chi connectivity index (χ0n) is 15.4. The van der Waals surface area contributed by atoms with Crippen LogP contribution in [0.4, 0.5) is 0 Å². The summed E-state index contributed by atoms with van der Waals surface area (Å²) in [6.45, 7) is 4.27. The lowest BCUT2D eigenvalue weighted by Gasteiger charge is -2.28. The number of likely N-dealkylation sites (tertiary alicyclic amines) is 1. The fraction of sp³-hybridized carbons (Fsp3) is 0.750. The predicted molar refractivity (Wildman–Crippen MR) is 97.0 cm³/mol. The Morgan fingerprint density at radius 1 is 1.31 bits per heavy atom. The number of carboxylic acids is 1. The van der Waals surface area contributed by atoms with Gasteiger partial charge < -0.3 is 32.5 Å². The Labute approximate surface area is 153 Å². The van der Waals surface area contributed by atoms with Gasteiger partial charge in [-0.25, -0.2) is 4.79 Å². The van der Waals surface area contributed by atoms with Crippen LogP contribution in [0.3, 0.4) is 0 Å². The van der Waals surface area contributed by atoms with Crippen LogP contribution in [0, 0.1) is 5.92 Å². The molecular weight excluding hydrogens is 340 g/mol. The first-order valence-electron chi connectivity index (χ1n) is 8.79. The highest BCUT2D eigenvalue weighted by Crippen LogP contribution is 2.19. The van der Waals surface area contributed by atoms with Crippen molar-refractivity contribution in [2.45, 2.75) is 57.7 Å². The summed E-state index contributed by atoms with van der Waals surface area (Å²) in [6.07, 6.45) is 1.76. The molecule has 26 heavy (non-hydrogen) atoms. The first-order valence-corrected chi connectivity index (χ1v) is 8.79. The average Bonchev–Trinajstić information content (AvgIpc) is 3.05. The molecule has 3 atom stereocenters. The minimum atomic E-state index is -1.04. The van der Waals surface area contributed by atoms with Gasteiger partial charge in [-0.3, -0.25) is 14.6 Å². The van der Waals surface area contributed by atoms with E-state index in [9.17, 15) is 19.5 Å². The molecule has 2 amide bonds. The van der Waals surface area contributed by atoms with Crippen LogP contribution in [0.2, 0.25) is 0 Å². The molecule has 1 heterocycles.